The number of carbonyl (C=O) groups excluding carboxylic acids is 2. The van der Waals surface area contributed by atoms with E-state index in [1.165, 1.54) is 39.5 Å². The van der Waals surface area contributed by atoms with Crippen molar-refractivity contribution in [3.05, 3.63) is 88.5 Å². The van der Waals surface area contributed by atoms with Crippen molar-refractivity contribution < 1.29 is 18.7 Å². The third-order valence-corrected chi connectivity index (χ3v) is 6.14. The molecule has 2 aromatic heterocycles. The minimum absolute atomic E-state index is 0.000545. The molecule has 2 amide bonds. The zero-order valence-electron chi connectivity index (χ0n) is 20.6. The summed E-state index contributed by atoms with van der Waals surface area (Å²) in [5.74, 6) is -1.77. The highest BCUT2D eigenvalue weighted by molar-refractivity contribution is 6.12. The van der Waals surface area contributed by atoms with Gasteiger partial charge in [0.25, 0.3) is 5.91 Å². The smallest absolute Gasteiger partial charge is 0.350 e. The first kappa shape index (κ1) is 24.4. The van der Waals surface area contributed by atoms with Crippen molar-refractivity contribution in [3.63, 3.8) is 0 Å². The minimum Gasteiger partial charge on any atom is -0.496 e. The van der Waals surface area contributed by atoms with Crippen LogP contribution in [0, 0.1) is 5.82 Å². The van der Waals surface area contributed by atoms with Gasteiger partial charge in [0.2, 0.25) is 5.91 Å². The number of aromatic nitrogens is 5. The molecule has 2 heterocycles. The first-order valence-electron chi connectivity index (χ1n) is 11.4. The molecule has 0 atom stereocenters. The number of anilines is 1. The van der Waals surface area contributed by atoms with Crippen LogP contribution in [0.3, 0.4) is 0 Å². The van der Waals surface area contributed by atoms with Crippen LogP contribution in [-0.2, 0) is 14.1 Å². The fourth-order valence-electron chi connectivity index (χ4n) is 4.23. The summed E-state index contributed by atoms with van der Waals surface area (Å²) >= 11 is 0. The molecule has 38 heavy (non-hydrogen) atoms. The maximum atomic E-state index is 16.2. The monoisotopic (exact) mass is 515 g/mol. The summed E-state index contributed by atoms with van der Waals surface area (Å²) in [5.41, 5.74) is 6.86. The number of ether oxygens (including phenoxy) is 1. The zero-order chi connectivity index (χ0) is 27.1. The molecule has 0 bridgehead atoms. The number of nitrogens with zero attached hydrogens (tertiary/aromatic N) is 5. The lowest BCUT2D eigenvalue weighted by molar-refractivity contribution is 0.0995. The molecule has 5 aromatic rings. The highest BCUT2D eigenvalue weighted by atomic mass is 19.1. The van der Waals surface area contributed by atoms with Gasteiger partial charge in [-0.15, -0.1) is 0 Å². The van der Waals surface area contributed by atoms with E-state index in [0.29, 0.717) is 22.5 Å². The molecule has 192 valence electrons. The van der Waals surface area contributed by atoms with E-state index in [1.807, 2.05) is 0 Å². The minimum atomic E-state index is -0.699. The second kappa shape index (κ2) is 9.32. The summed E-state index contributed by atoms with van der Waals surface area (Å²) in [7, 11) is 4.55. The predicted molar refractivity (Wildman–Crippen MR) is 138 cm³/mol. The standard InChI is InChI=1S/C26H22FN7O4/c1-32-18-12-19(38-3)20(14-7-9-17(10-8-14)34-13-29-33(2)26(34)37)22(27)21(18)23(31-32)25(36)30-16-6-4-5-15(11-16)24(28)35/h4-13H,1-3H3,(H2,28,35)(H,30,36). The number of primary amides is 1. The Morgan fingerprint density at radius 3 is 2.42 bits per heavy atom. The molecule has 0 radical (unpaired) electrons. The summed E-state index contributed by atoms with van der Waals surface area (Å²) in [6, 6.07) is 14.3. The fourth-order valence-corrected chi connectivity index (χ4v) is 4.23. The number of benzene rings is 3. The van der Waals surface area contributed by atoms with Gasteiger partial charge in [-0.2, -0.15) is 10.2 Å². The molecular formula is C26H22FN7O4. The third kappa shape index (κ3) is 4.07. The average molecular weight is 516 g/mol. The van der Waals surface area contributed by atoms with Crippen LogP contribution in [0.25, 0.3) is 27.7 Å². The van der Waals surface area contributed by atoms with Crippen molar-refractivity contribution in [3.8, 4) is 22.6 Å². The molecule has 3 aromatic carbocycles. The Morgan fingerprint density at radius 1 is 1.05 bits per heavy atom. The molecule has 12 heteroatoms. The predicted octanol–water partition coefficient (Wildman–Crippen LogP) is 2.62. The first-order valence-corrected chi connectivity index (χ1v) is 11.4. The Kier molecular flexibility index (Phi) is 5.99. The van der Waals surface area contributed by atoms with Crippen molar-refractivity contribution in [2.24, 2.45) is 19.8 Å². The number of hydrogen-bond acceptors (Lipinski definition) is 6. The van der Waals surface area contributed by atoms with Gasteiger partial charge in [-0.3, -0.25) is 14.3 Å². The third-order valence-electron chi connectivity index (χ3n) is 6.14. The van der Waals surface area contributed by atoms with E-state index in [9.17, 15) is 14.4 Å². The number of fused-ring (bicyclic) bond motifs is 1. The van der Waals surface area contributed by atoms with Crippen LogP contribution in [0.4, 0.5) is 10.1 Å². The van der Waals surface area contributed by atoms with Gasteiger partial charge in [0.15, 0.2) is 5.69 Å². The molecule has 5 rings (SSSR count). The fraction of sp³-hybridized carbons (Fsp3) is 0.115. The normalized spacial score (nSPS) is 11.1. The van der Waals surface area contributed by atoms with Gasteiger partial charge in [0.05, 0.1) is 29.3 Å². The topological polar surface area (TPSA) is 139 Å². The highest BCUT2D eigenvalue weighted by Gasteiger charge is 2.25. The van der Waals surface area contributed by atoms with Crippen LogP contribution in [-0.4, -0.2) is 43.1 Å². The van der Waals surface area contributed by atoms with Crippen molar-refractivity contribution >= 4 is 28.4 Å². The second-order valence-electron chi connectivity index (χ2n) is 8.49. The van der Waals surface area contributed by atoms with E-state index in [1.54, 1.807) is 56.6 Å². The Balaban J connectivity index is 1.59. The molecule has 0 aliphatic rings. The average Bonchev–Trinajstić information content (AvgIpc) is 3.43. The molecule has 0 fully saturated rings. The molecule has 0 saturated carbocycles. The molecular weight excluding hydrogens is 493 g/mol. The number of aryl methyl sites for hydroxylation is 2. The summed E-state index contributed by atoms with van der Waals surface area (Å²) in [6.07, 6.45) is 1.39. The Bertz CT molecular complexity index is 1780. The molecule has 0 aliphatic carbocycles. The maximum absolute atomic E-state index is 16.2. The Hall–Kier alpha value is -5.26. The van der Waals surface area contributed by atoms with E-state index in [2.05, 4.69) is 15.5 Å². The van der Waals surface area contributed by atoms with E-state index >= 15 is 4.39 Å². The van der Waals surface area contributed by atoms with E-state index < -0.39 is 17.6 Å². The maximum Gasteiger partial charge on any atom is 0.350 e. The van der Waals surface area contributed by atoms with Gasteiger partial charge in [-0.1, -0.05) is 18.2 Å². The molecule has 0 saturated heterocycles. The summed E-state index contributed by atoms with van der Waals surface area (Å²) in [4.78, 5) is 36.9. The number of hydrogen-bond donors (Lipinski definition) is 2. The number of halogens is 1. The summed E-state index contributed by atoms with van der Waals surface area (Å²) in [5, 5.41) is 10.8. The summed E-state index contributed by atoms with van der Waals surface area (Å²) < 4.78 is 25.6. The lowest BCUT2D eigenvalue weighted by Gasteiger charge is -2.13. The molecule has 3 N–H and O–H groups in total. The molecule has 11 nitrogen and oxygen atoms in total. The summed E-state index contributed by atoms with van der Waals surface area (Å²) in [6.45, 7) is 0. The van der Waals surface area contributed by atoms with Crippen LogP contribution in [0.1, 0.15) is 20.8 Å². The van der Waals surface area contributed by atoms with Gasteiger partial charge >= 0.3 is 5.69 Å². The highest BCUT2D eigenvalue weighted by Crippen LogP contribution is 2.39. The van der Waals surface area contributed by atoms with Crippen LogP contribution in [0.2, 0.25) is 0 Å². The number of amides is 2. The van der Waals surface area contributed by atoms with Crippen LogP contribution in [0.5, 0.6) is 5.75 Å². The van der Waals surface area contributed by atoms with E-state index in [4.69, 9.17) is 10.5 Å². The molecule has 0 spiro atoms. The van der Waals surface area contributed by atoms with Gasteiger partial charge in [-0.05, 0) is 35.9 Å². The van der Waals surface area contributed by atoms with E-state index in [0.717, 1.165) is 0 Å². The number of methoxy groups -OCH3 is 1. The van der Waals surface area contributed by atoms with Crippen molar-refractivity contribution in [1.82, 2.24) is 24.1 Å². The van der Waals surface area contributed by atoms with Gasteiger partial charge in [0, 0.05) is 31.4 Å². The number of nitrogens with one attached hydrogen (secondary N) is 1. The van der Waals surface area contributed by atoms with Crippen LogP contribution in [0.15, 0.2) is 65.7 Å². The second-order valence-corrected chi connectivity index (χ2v) is 8.49. The first-order chi connectivity index (χ1) is 18.2. The Labute approximate surface area is 214 Å². The lowest BCUT2D eigenvalue weighted by Crippen LogP contribution is -2.21. The largest absolute Gasteiger partial charge is 0.496 e. The Morgan fingerprint density at radius 2 is 1.79 bits per heavy atom. The van der Waals surface area contributed by atoms with Crippen LogP contribution >= 0.6 is 0 Å². The van der Waals surface area contributed by atoms with Crippen molar-refractivity contribution in [1.29, 1.82) is 0 Å². The van der Waals surface area contributed by atoms with Gasteiger partial charge < -0.3 is 15.8 Å². The quantitative estimate of drug-likeness (QED) is 0.356. The number of carbonyl (C=O) groups is 2. The number of nitrogens with two attached hydrogens (primary N) is 1. The molecule has 0 aliphatic heterocycles. The van der Waals surface area contributed by atoms with Gasteiger partial charge in [-0.25, -0.2) is 18.4 Å². The van der Waals surface area contributed by atoms with Gasteiger partial charge in [0.1, 0.15) is 17.9 Å². The lowest BCUT2D eigenvalue weighted by atomic mass is 10.00. The zero-order valence-corrected chi connectivity index (χ0v) is 20.6. The van der Waals surface area contributed by atoms with Crippen molar-refractivity contribution in [2.75, 3.05) is 12.4 Å². The molecule has 0 unspecified atom stereocenters. The number of rotatable bonds is 6. The van der Waals surface area contributed by atoms with Crippen molar-refractivity contribution in [2.45, 2.75) is 0 Å². The SMILES string of the molecule is COc1cc2c(c(C(=O)Nc3cccc(C(N)=O)c3)nn2C)c(F)c1-c1ccc(-n2cnn(C)c2=O)cc1. The van der Waals surface area contributed by atoms with E-state index in [-0.39, 0.29) is 33.6 Å². The van der Waals surface area contributed by atoms with Crippen LogP contribution < -0.4 is 21.5 Å².